The van der Waals surface area contributed by atoms with Gasteiger partial charge in [0.2, 0.25) is 0 Å². The molecule has 0 bridgehead atoms. The second-order valence-electron chi connectivity index (χ2n) is 3.52. The second-order valence-corrected chi connectivity index (χ2v) is 5.23. The number of para-hydroxylation sites is 1. The predicted molar refractivity (Wildman–Crippen MR) is 77.5 cm³/mol. The van der Waals surface area contributed by atoms with Gasteiger partial charge in [-0.1, -0.05) is 6.07 Å². The van der Waals surface area contributed by atoms with Crippen molar-refractivity contribution in [3.8, 4) is 17.6 Å². The minimum absolute atomic E-state index is 0.542. The van der Waals surface area contributed by atoms with Crippen LogP contribution in [-0.2, 0) is 0 Å². The Kier molecular flexibility index (Phi) is 3.90. The van der Waals surface area contributed by atoms with E-state index in [2.05, 4.69) is 37.9 Å². The Morgan fingerprint density at radius 3 is 2.50 bits per heavy atom. The van der Waals surface area contributed by atoms with E-state index in [1.807, 2.05) is 12.1 Å². The van der Waals surface area contributed by atoms with Crippen molar-refractivity contribution in [3.63, 3.8) is 0 Å². The lowest BCUT2D eigenvalue weighted by Crippen LogP contribution is -1.93. The van der Waals surface area contributed by atoms with Crippen LogP contribution in [0.4, 0.5) is 5.69 Å². The lowest BCUT2D eigenvalue weighted by Gasteiger charge is -2.11. The molecule has 0 heterocycles. The van der Waals surface area contributed by atoms with Crippen molar-refractivity contribution in [1.82, 2.24) is 0 Å². The number of benzene rings is 2. The molecule has 0 spiro atoms. The maximum absolute atomic E-state index is 8.79. The molecule has 3 nitrogen and oxygen atoms in total. The topological polar surface area (TPSA) is 59.0 Å². The summed E-state index contributed by atoms with van der Waals surface area (Å²) in [5, 5.41) is 8.79. The van der Waals surface area contributed by atoms with Crippen LogP contribution in [0.5, 0.6) is 11.5 Å². The van der Waals surface area contributed by atoms with Crippen LogP contribution in [0, 0.1) is 11.3 Å². The highest BCUT2D eigenvalue weighted by molar-refractivity contribution is 9.11. The highest BCUT2D eigenvalue weighted by Gasteiger charge is 2.09. The highest BCUT2D eigenvalue weighted by Crippen LogP contribution is 2.37. The van der Waals surface area contributed by atoms with Crippen molar-refractivity contribution in [2.45, 2.75) is 0 Å². The molecule has 0 fully saturated rings. The zero-order valence-electron chi connectivity index (χ0n) is 9.15. The number of hydrogen-bond acceptors (Lipinski definition) is 3. The van der Waals surface area contributed by atoms with Gasteiger partial charge in [-0.3, -0.25) is 0 Å². The number of nitriles is 1. The Hall–Kier alpha value is -1.51. The fourth-order valence-corrected chi connectivity index (χ4v) is 2.32. The number of anilines is 1. The Balaban J connectivity index is 2.38. The quantitative estimate of drug-likeness (QED) is 0.797. The summed E-state index contributed by atoms with van der Waals surface area (Å²) in [4.78, 5) is 0. The number of ether oxygens (including phenoxy) is 1. The molecule has 0 atom stereocenters. The van der Waals surface area contributed by atoms with E-state index in [4.69, 9.17) is 15.7 Å². The number of nitrogens with two attached hydrogens (primary N) is 1. The lowest BCUT2D eigenvalue weighted by molar-refractivity contribution is 0.479. The van der Waals surface area contributed by atoms with E-state index < -0.39 is 0 Å². The number of rotatable bonds is 2. The molecule has 0 saturated carbocycles. The van der Waals surface area contributed by atoms with E-state index in [0.29, 0.717) is 27.2 Å². The van der Waals surface area contributed by atoms with Crippen LogP contribution >= 0.6 is 31.9 Å². The smallest absolute Gasteiger partial charge is 0.164 e. The molecule has 0 radical (unpaired) electrons. The normalized spacial score (nSPS) is 9.83. The molecule has 0 aliphatic rings. The van der Waals surface area contributed by atoms with Crippen molar-refractivity contribution in [3.05, 3.63) is 50.9 Å². The van der Waals surface area contributed by atoms with Gasteiger partial charge in [0.25, 0.3) is 0 Å². The molecule has 18 heavy (non-hydrogen) atoms. The molecule has 2 aromatic rings. The van der Waals surface area contributed by atoms with Crippen molar-refractivity contribution in [2.24, 2.45) is 0 Å². The van der Waals surface area contributed by atoms with Gasteiger partial charge in [-0.05, 0) is 62.2 Å². The van der Waals surface area contributed by atoms with E-state index in [0.717, 1.165) is 4.47 Å². The number of hydrogen-bond donors (Lipinski definition) is 1. The van der Waals surface area contributed by atoms with Gasteiger partial charge >= 0.3 is 0 Å². The van der Waals surface area contributed by atoms with Crippen molar-refractivity contribution in [1.29, 1.82) is 5.26 Å². The van der Waals surface area contributed by atoms with Crippen LogP contribution in [-0.4, -0.2) is 0 Å². The number of nitrogens with zero attached hydrogens (tertiary/aromatic N) is 1. The Labute approximate surface area is 121 Å². The highest BCUT2D eigenvalue weighted by atomic mass is 79.9. The van der Waals surface area contributed by atoms with E-state index in [-0.39, 0.29) is 0 Å². The molecular formula is C13H8Br2N2O. The van der Waals surface area contributed by atoms with Crippen LogP contribution in [0.3, 0.4) is 0 Å². The van der Waals surface area contributed by atoms with Crippen LogP contribution in [0.25, 0.3) is 0 Å². The van der Waals surface area contributed by atoms with E-state index in [9.17, 15) is 0 Å². The summed E-state index contributed by atoms with van der Waals surface area (Å²) in [5.74, 6) is 1.16. The minimum Gasteiger partial charge on any atom is -0.453 e. The van der Waals surface area contributed by atoms with Crippen molar-refractivity contribution < 1.29 is 4.74 Å². The summed E-state index contributed by atoms with van der Waals surface area (Å²) >= 11 is 6.75. The van der Waals surface area contributed by atoms with Gasteiger partial charge in [0.1, 0.15) is 5.75 Å². The SMILES string of the molecule is N#Cc1ccc(Oc2c(N)cccc2Br)c(Br)c1. The van der Waals surface area contributed by atoms with Crippen LogP contribution in [0.2, 0.25) is 0 Å². The first kappa shape index (κ1) is 12.9. The monoisotopic (exact) mass is 366 g/mol. The third-order valence-electron chi connectivity index (χ3n) is 2.27. The number of halogens is 2. The second kappa shape index (κ2) is 5.42. The molecule has 2 rings (SSSR count). The van der Waals surface area contributed by atoms with Gasteiger partial charge < -0.3 is 10.5 Å². The Bertz CT molecular complexity index is 615. The summed E-state index contributed by atoms with van der Waals surface area (Å²) in [6.45, 7) is 0. The first-order valence-corrected chi connectivity index (χ1v) is 6.62. The summed E-state index contributed by atoms with van der Waals surface area (Å²) in [6, 6.07) is 12.6. The van der Waals surface area contributed by atoms with E-state index in [1.165, 1.54) is 0 Å². The zero-order valence-corrected chi connectivity index (χ0v) is 12.3. The third-order valence-corrected chi connectivity index (χ3v) is 3.51. The molecule has 0 unspecified atom stereocenters. The average molecular weight is 368 g/mol. The molecule has 0 aromatic heterocycles. The summed E-state index contributed by atoms with van der Waals surface area (Å²) in [6.07, 6.45) is 0. The molecular weight excluding hydrogens is 360 g/mol. The molecule has 0 aliphatic carbocycles. The van der Waals surface area contributed by atoms with Crippen LogP contribution < -0.4 is 10.5 Å². The largest absolute Gasteiger partial charge is 0.453 e. The summed E-state index contributed by atoms with van der Waals surface area (Å²) in [7, 11) is 0. The predicted octanol–water partition coefficient (Wildman–Crippen LogP) is 4.46. The van der Waals surface area contributed by atoms with Crippen molar-refractivity contribution in [2.75, 3.05) is 5.73 Å². The average Bonchev–Trinajstić information content (AvgIpc) is 2.35. The van der Waals surface area contributed by atoms with E-state index in [1.54, 1.807) is 24.3 Å². The molecule has 2 aromatic carbocycles. The van der Waals surface area contributed by atoms with Gasteiger partial charge in [0, 0.05) is 0 Å². The minimum atomic E-state index is 0.542. The number of nitrogen functional groups attached to an aromatic ring is 1. The first-order valence-electron chi connectivity index (χ1n) is 5.03. The molecule has 0 saturated heterocycles. The van der Waals surface area contributed by atoms with Gasteiger partial charge in [0.05, 0.1) is 26.3 Å². The molecule has 0 amide bonds. The van der Waals surface area contributed by atoms with Gasteiger partial charge in [-0.25, -0.2) is 0 Å². The van der Waals surface area contributed by atoms with E-state index >= 15 is 0 Å². The molecule has 90 valence electrons. The van der Waals surface area contributed by atoms with Gasteiger partial charge in [-0.15, -0.1) is 0 Å². The van der Waals surface area contributed by atoms with Crippen LogP contribution in [0.15, 0.2) is 45.3 Å². The summed E-state index contributed by atoms with van der Waals surface area (Å²) in [5.41, 5.74) is 6.96. The van der Waals surface area contributed by atoms with Crippen molar-refractivity contribution >= 4 is 37.5 Å². The fourth-order valence-electron chi connectivity index (χ4n) is 1.40. The Morgan fingerprint density at radius 1 is 1.11 bits per heavy atom. The Morgan fingerprint density at radius 2 is 1.89 bits per heavy atom. The maximum atomic E-state index is 8.79. The van der Waals surface area contributed by atoms with Gasteiger partial charge in [0.15, 0.2) is 5.75 Å². The molecule has 5 heteroatoms. The maximum Gasteiger partial charge on any atom is 0.164 e. The van der Waals surface area contributed by atoms with Crippen LogP contribution in [0.1, 0.15) is 5.56 Å². The lowest BCUT2D eigenvalue weighted by atomic mass is 10.2. The van der Waals surface area contributed by atoms with Gasteiger partial charge in [-0.2, -0.15) is 5.26 Å². The third kappa shape index (κ3) is 2.66. The zero-order chi connectivity index (χ0) is 13.1. The molecule has 2 N–H and O–H groups in total. The fraction of sp³-hybridized carbons (Fsp3) is 0. The standard InChI is InChI=1S/C13H8Br2N2O/c14-9-2-1-3-11(17)13(9)18-12-5-4-8(7-16)6-10(12)15/h1-6H,17H2. The first-order chi connectivity index (χ1) is 8.61. The summed E-state index contributed by atoms with van der Waals surface area (Å²) < 4.78 is 7.22. The molecule has 0 aliphatic heterocycles.